The third-order valence-corrected chi connectivity index (χ3v) is 2.29. The average Bonchev–Trinajstić information content (AvgIpc) is 2.15. The number of hydrogen-bond donors (Lipinski definition) is 1. The maximum Gasteiger partial charge on any atom is 0.311 e. The minimum Gasteiger partial charge on any atom is -0.465 e. The van der Waals surface area contributed by atoms with Crippen LogP contribution >= 0.6 is 0 Å². The second-order valence-electron chi connectivity index (χ2n) is 4.27. The lowest BCUT2D eigenvalue weighted by Gasteiger charge is -2.22. The van der Waals surface area contributed by atoms with Crippen LogP contribution in [0.2, 0.25) is 0 Å². The highest BCUT2D eigenvalue weighted by Gasteiger charge is 2.28. The normalized spacial score (nSPS) is 11.4. The van der Waals surface area contributed by atoms with E-state index in [4.69, 9.17) is 10.5 Å². The number of unbranched alkanes of at least 4 members (excludes halogenated alkanes) is 1. The molecule has 0 aliphatic carbocycles. The van der Waals surface area contributed by atoms with Gasteiger partial charge in [0.15, 0.2) is 0 Å². The van der Waals surface area contributed by atoms with Crippen LogP contribution in [0.15, 0.2) is 0 Å². The number of nitrogens with two attached hydrogens (primary N) is 1. The van der Waals surface area contributed by atoms with Gasteiger partial charge in [0.2, 0.25) is 0 Å². The van der Waals surface area contributed by atoms with E-state index in [-0.39, 0.29) is 11.4 Å². The molecule has 0 aliphatic heterocycles. The summed E-state index contributed by atoms with van der Waals surface area (Å²) in [5.41, 5.74) is 4.97. The van der Waals surface area contributed by atoms with Gasteiger partial charge < -0.3 is 10.5 Å². The van der Waals surface area contributed by atoms with Gasteiger partial charge in [0.25, 0.3) is 0 Å². The predicted octanol–water partition coefficient (Wildman–Crippen LogP) is 2.09. The van der Waals surface area contributed by atoms with Crippen molar-refractivity contribution in [1.29, 1.82) is 0 Å². The molecule has 0 fully saturated rings. The van der Waals surface area contributed by atoms with Crippen LogP contribution in [0.25, 0.3) is 0 Å². The summed E-state index contributed by atoms with van der Waals surface area (Å²) in [6.45, 7) is 7.02. The van der Waals surface area contributed by atoms with Crippen LogP contribution in [-0.4, -0.2) is 19.1 Å². The fourth-order valence-electron chi connectivity index (χ4n) is 1.16. The maximum absolute atomic E-state index is 11.6. The van der Waals surface area contributed by atoms with Crippen LogP contribution in [-0.2, 0) is 9.53 Å². The molecule has 3 heteroatoms. The summed E-state index contributed by atoms with van der Waals surface area (Å²) in [6, 6.07) is 0. The first kappa shape index (κ1) is 13.4. The summed E-state index contributed by atoms with van der Waals surface area (Å²) in [5.74, 6) is -0.0978. The molecule has 14 heavy (non-hydrogen) atoms. The first-order chi connectivity index (χ1) is 6.54. The average molecular weight is 201 g/mol. The zero-order valence-electron chi connectivity index (χ0n) is 9.64. The van der Waals surface area contributed by atoms with Crippen molar-refractivity contribution < 1.29 is 9.53 Å². The number of esters is 1. The number of carbonyl (C=O) groups is 1. The summed E-state index contributed by atoms with van der Waals surface area (Å²) in [4.78, 5) is 11.6. The Balaban J connectivity index is 3.82. The molecule has 0 aromatic rings. The van der Waals surface area contributed by atoms with E-state index in [1.807, 2.05) is 13.8 Å². The number of ether oxygens (including phenoxy) is 1. The quantitative estimate of drug-likeness (QED) is 0.507. The van der Waals surface area contributed by atoms with Crippen molar-refractivity contribution in [2.75, 3.05) is 13.2 Å². The van der Waals surface area contributed by atoms with Crippen molar-refractivity contribution in [3.05, 3.63) is 0 Å². The first-order valence-corrected chi connectivity index (χ1v) is 5.42. The Morgan fingerprint density at radius 1 is 1.36 bits per heavy atom. The van der Waals surface area contributed by atoms with Crippen molar-refractivity contribution in [3.8, 4) is 0 Å². The molecule has 0 saturated carbocycles. The van der Waals surface area contributed by atoms with E-state index in [1.165, 1.54) is 0 Å². The van der Waals surface area contributed by atoms with Gasteiger partial charge in [-0.3, -0.25) is 4.79 Å². The summed E-state index contributed by atoms with van der Waals surface area (Å²) >= 11 is 0. The Morgan fingerprint density at radius 2 is 2.00 bits per heavy atom. The molecule has 0 amide bonds. The fourth-order valence-corrected chi connectivity index (χ4v) is 1.16. The van der Waals surface area contributed by atoms with E-state index in [2.05, 4.69) is 6.92 Å². The first-order valence-electron chi connectivity index (χ1n) is 5.42. The summed E-state index contributed by atoms with van der Waals surface area (Å²) in [6.07, 6.45) is 3.82. The van der Waals surface area contributed by atoms with Crippen molar-refractivity contribution in [3.63, 3.8) is 0 Å². The van der Waals surface area contributed by atoms with Crippen LogP contribution in [0.5, 0.6) is 0 Å². The molecule has 0 radical (unpaired) electrons. The molecular formula is C11H23NO2. The Morgan fingerprint density at radius 3 is 2.50 bits per heavy atom. The molecule has 0 unspecified atom stereocenters. The zero-order chi connectivity index (χ0) is 11.0. The highest BCUT2D eigenvalue weighted by atomic mass is 16.5. The molecule has 0 spiro atoms. The Hall–Kier alpha value is -0.570. The summed E-state index contributed by atoms with van der Waals surface area (Å²) < 4.78 is 5.13. The lowest BCUT2D eigenvalue weighted by atomic mass is 9.87. The number of rotatable bonds is 7. The van der Waals surface area contributed by atoms with Crippen molar-refractivity contribution in [2.24, 2.45) is 11.1 Å². The predicted molar refractivity (Wildman–Crippen MR) is 57.9 cm³/mol. The third kappa shape index (κ3) is 5.22. The minimum atomic E-state index is -0.343. The molecule has 0 saturated heterocycles. The van der Waals surface area contributed by atoms with E-state index in [1.54, 1.807) is 0 Å². The Bertz CT molecular complexity index is 167. The van der Waals surface area contributed by atoms with Gasteiger partial charge in [-0.25, -0.2) is 0 Å². The highest BCUT2D eigenvalue weighted by molar-refractivity contribution is 5.75. The fraction of sp³-hybridized carbons (Fsp3) is 0.909. The smallest absolute Gasteiger partial charge is 0.311 e. The number of hydrogen-bond acceptors (Lipinski definition) is 3. The van der Waals surface area contributed by atoms with Gasteiger partial charge in [0.05, 0.1) is 12.0 Å². The molecule has 2 N–H and O–H groups in total. The molecule has 3 nitrogen and oxygen atoms in total. The standard InChI is InChI=1S/C11H23NO2/c1-4-5-7-11(2,3)10(13)14-9-6-8-12/h4-9,12H2,1-3H3. The Kier molecular flexibility index (Phi) is 6.54. The summed E-state index contributed by atoms with van der Waals surface area (Å²) in [5, 5.41) is 0. The maximum atomic E-state index is 11.6. The lowest BCUT2D eigenvalue weighted by Crippen LogP contribution is -2.27. The molecule has 0 atom stereocenters. The van der Waals surface area contributed by atoms with Crippen LogP contribution in [0.4, 0.5) is 0 Å². The molecule has 0 aromatic heterocycles. The van der Waals surface area contributed by atoms with Gasteiger partial charge in [-0.2, -0.15) is 0 Å². The van der Waals surface area contributed by atoms with E-state index in [0.717, 1.165) is 25.7 Å². The van der Waals surface area contributed by atoms with Crippen LogP contribution in [0, 0.1) is 5.41 Å². The number of carbonyl (C=O) groups excluding carboxylic acids is 1. The molecular weight excluding hydrogens is 178 g/mol. The lowest BCUT2D eigenvalue weighted by molar-refractivity contribution is -0.154. The van der Waals surface area contributed by atoms with E-state index >= 15 is 0 Å². The van der Waals surface area contributed by atoms with Crippen LogP contribution in [0.1, 0.15) is 46.5 Å². The SMILES string of the molecule is CCCCC(C)(C)C(=O)OCCCN. The largest absolute Gasteiger partial charge is 0.465 e. The highest BCUT2D eigenvalue weighted by Crippen LogP contribution is 2.24. The van der Waals surface area contributed by atoms with Gasteiger partial charge in [-0.15, -0.1) is 0 Å². The van der Waals surface area contributed by atoms with Crippen molar-refractivity contribution in [1.82, 2.24) is 0 Å². The van der Waals surface area contributed by atoms with Gasteiger partial charge in [0, 0.05) is 0 Å². The van der Waals surface area contributed by atoms with Gasteiger partial charge in [-0.1, -0.05) is 19.8 Å². The topological polar surface area (TPSA) is 52.3 Å². The minimum absolute atomic E-state index is 0.0978. The third-order valence-electron chi connectivity index (χ3n) is 2.29. The molecule has 0 bridgehead atoms. The molecule has 84 valence electrons. The van der Waals surface area contributed by atoms with E-state index in [9.17, 15) is 4.79 Å². The summed E-state index contributed by atoms with van der Waals surface area (Å²) in [7, 11) is 0. The molecule has 0 aromatic carbocycles. The van der Waals surface area contributed by atoms with Crippen LogP contribution < -0.4 is 5.73 Å². The molecule has 0 rings (SSSR count). The van der Waals surface area contributed by atoms with Crippen molar-refractivity contribution >= 4 is 5.97 Å². The van der Waals surface area contributed by atoms with Crippen LogP contribution in [0.3, 0.4) is 0 Å². The monoisotopic (exact) mass is 201 g/mol. The molecule has 0 heterocycles. The zero-order valence-corrected chi connectivity index (χ0v) is 9.64. The second-order valence-corrected chi connectivity index (χ2v) is 4.27. The molecule has 0 aliphatic rings. The van der Waals surface area contributed by atoms with Gasteiger partial charge in [0.1, 0.15) is 0 Å². The van der Waals surface area contributed by atoms with Gasteiger partial charge >= 0.3 is 5.97 Å². The van der Waals surface area contributed by atoms with Gasteiger partial charge in [-0.05, 0) is 33.2 Å². The van der Waals surface area contributed by atoms with E-state index < -0.39 is 0 Å². The second kappa shape index (κ2) is 6.82. The van der Waals surface area contributed by atoms with E-state index in [0.29, 0.717) is 13.2 Å². The van der Waals surface area contributed by atoms with Crippen molar-refractivity contribution in [2.45, 2.75) is 46.5 Å². The Labute approximate surface area is 87.0 Å².